The summed E-state index contributed by atoms with van der Waals surface area (Å²) in [4.78, 5) is 59.7. The summed E-state index contributed by atoms with van der Waals surface area (Å²) in [5, 5.41) is 0.203. The van der Waals surface area contributed by atoms with E-state index in [0.717, 1.165) is 0 Å². The number of halogens is 2. The van der Waals surface area contributed by atoms with Crippen LogP contribution < -0.4 is 20.1 Å². The molecule has 2 amide bonds. The Bertz CT molecular complexity index is 2040. The summed E-state index contributed by atoms with van der Waals surface area (Å²) in [5.41, 5.74) is -0.346. The maximum atomic E-state index is 16.4. The van der Waals surface area contributed by atoms with Crippen molar-refractivity contribution in [2.75, 3.05) is 43.6 Å². The number of hydrogen-bond donors (Lipinski definition) is 0. The van der Waals surface area contributed by atoms with Crippen molar-refractivity contribution in [3.05, 3.63) is 64.0 Å². The minimum Gasteiger partial charge on any atom is -0.496 e. The maximum Gasteiger partial charge on any atom is 0.410 e. The molecule has 252 valence electrons. The van der Waals surface area contributed by atoms with E-state index in [1.54, 1.807) is 32.6 Å². The third-order valence-corrected chi connectivity index (χ3v) is 8.56. The highest BCUT2D eigenvalue weighted by Crippen LogP contribution is 2.43. The van der Waals surface area contributed by atoms with E-state index < -0.39 is 40.8 Å². The molecule has 0 aliphatic carbocycles. The molecule has 0 bridgehead atoms. The van der Waals surface area contributed by atoms with E-state index in [1.807, 2.05) is 13.8 Å². The van der Waals surface area contributed by atoms with Crippen LogP contribution in [0.4, 0.5) is 25.0 Å². The summed E-state index contributed by atoms with van der Waals surface area (Å²) in [6, 6.07) is 4.40. The van der Waals surface area contributed by atoms with Gasteiger partial charge in [0.05, 0.1) is 42.0 Å². The highest BCUT2D eigenvalue weighted by atomic mass is 19.1. The number of aryl methyl sites for hydroxylation is 1. The Labute approximate surface area is 275 Å². The molecule has 2 aliphatic rings. The number of rotatable bonds is 4. The summed E-state index contributed by atoms with van der Waals surface area (Å²) in [7, 11) is 2.82. The summed E-state index contributed by atoms with van der Waals surface area (Å²) in [5.74, 6) is -2.18. The zero-order valence-corrected chi connectivity index (χ0v) is 28.1. The lowest BCUT2D eigenvalue weighted by Crippen LogP contribution is -2.64. The number of carbonyl (C=O) groups is 2. The first-order valence-corrected chi connectivity index (χ1v) is 15.6. The number of anilines is 2. The lowest BCUT2D eigenvalue weighted by molar-refractivity contribution is -0.120. The number of pyridine rings is 2. The molecule has 4 aromatic rings. The zero-order valence-electron chi connectivity index (χ0n) is 28.1. The number of carbonyl (C=O) groups excluding carboxylic acids is 2. The average Bonchev–Trinajstić information content (AvgIpc) is 3.02. The van der Waals surface area contributed by atoms with Crippen molar-refractivity contribution >= 4 is 34.4 Å². The lowest BCUT2D eigenvalue weighted by Gasteiger charge is -2.47. The van der Waals surface area contributed by atoms with Gasteiger partial charge in [-0.05, 0) is 51.8 Å². The summed E-state index contributed by atoms with van der Waals surface area (Å²) < 4.78 is 43.9. The highest BCUT2D eigenvalue weighted by Gasteiger charge is 2.45. The fourth-order valence-electron chi connectivity index (χ4n) is 6.41. The summed E-state index contributed by atoms with van der Waals surface area (Å²) in [6.45, 7) is 11.1. The van der Waals surface area contributed by atoms with Crippen molar-refractivity contribution in [3.8, 4) is 22.7 Å². The molecule has 1 aromatic carbocycles. The number of nitrogens with zero attached hydrogens (tertiary/aromatic N) is 7. The Morgan fingerprint density at radius 3 is 2.44 bits per heavy atom. The van der Waals surface area contributed by atoms with Crippen LogP contribution in [-0.4, -0.2) is 81.9 Å². The standard InChI is InChI=1S/C34H37F2N7O5/c1-17(2)25-27(18(3)37-16-38-25)43-30-19(14-21(36)26(39-30)24-20(35)10-9-11-23(24)47-8)28-29(32(43)45)40(7)31(44)22-15-41(12-13-42(22)28)33(46)48-34(4,5)6/h9-11,14,16-17,22H,12-13,15H2,1-8H3/t22-/m1/s1. The normalized spacial score (nSPS) is 16.4. The number of benzene rings is 1. The Morgan fingerprint density at radius 1 is 1.04 bits per heavy atom. The molecular formula is C34H37F2N7O5. The minimum absolute atomic E-state index is 0.00449. The number of piperazine rings is 1. The molecule has 5 heterocycles. The number of fused-ring (bicyclic) bond motifs is 5. The van der Waals surface area contributed by atoms with Gasteiger partial charge in [0, 0.05) is 25.5 Å². The lowest BCUT2D eigenvalue weighted by atomic mass is 10.00. The number of hydrogen-bond acceptors (Lipinski definition) is 9. The summed E-state index contributed by atoms with van der Waals surface area (Å²) >= 11 is 0. The van der Waals surface area contributed by atoms with Gasteiger partial charge < -0.3 is 24.2 Å². The first kappa shape index (κ1) is 32.8. The van der Waals surface area contributed by atoms with Gasteiger partial charge in [-0.15, -0.1) is 0 Å². The van der Waals surface area contributed by atoms with Crippen LogP contribution in [0.5, 0.6) is 5.75 Å². The molecule has 0 saturated carbocycles. The van der Waals surface area contributed by atoms with Gasteiger partial charge in [0.2, 0.25) is 0 Å². The van der Waals surface area contributed by atoms with Crippen LogP contribution in [-0.2, 0) is 9.53 Å². The molecule has 48 heavy (non-hydrogen) atoms. The molecule has 2 aliphatic heterocycles. The summed E-state index contributed by atoms with van der Waals surface area (Å²) in [6.07, 6.45) is 0.827. The van der Waals surface area contributed by atoms with E-state index in [0.29, 0.717) is 17.1 Å². The van der Waals surface area contributed by atoms with Gasteiger partial charge in [-0.25, -0.2) is 28.5 Å². The number of likely N-dealkylation sites (N-methyl/N-ethyl adjacent to an activating group) is 1. The van der Waals surface area contributed by atoms with Gasteiger partial charge in [-0.2, -0.15) is 0 Å². The largest absolute Gasteiger partial charge is 0.496 e. The molecule has 12 nitrogen and oxygen atoms in total. The molecule has 1 saturated heterocycles. The first-order chi connectivity index (χ1) is 22.6. The smallest absolute Gasteiger partial charge is 0.410 e. The molecule has 0 unspecified atom stereocenters. The second kappa shape index (κ2) is 11.8. The Morgan fingerprint density at radius 2 is 1.77 bits per heavy atom. The van der Waals surface area contributed by atoms with Gasteiger partial charge in [0.15, 0.2) is 11.5 Å². The Kier molecular flexibility index (Phi) is 8.08. The maximum absolute atomic E-state index is 16.4. The number of methoxy groups -OCH3 is 1. The van der Waals surface area contributed by atoms with Crippen LogP contribution >= 0.6 is 0 Å². The predicted octanol–water partition coefficient (Wildman–Crippen LogP) is 4.96. The molecule has 14 heteroatoms. The van der Waals surface area contributed by atoms with E-state index in [9.17, 15) is 14.4 Å². The van der Waals surface area contributed by atoms with Crippen molar-refractivity contribution in [3.63, 3.8) is 0 Å². The topological polar surface area (TPSA) is 123 Å². The van der Waals surface area contributed by atoms with E-state index in [4.69, 9.17) is 9.47 Å². The van der Waals surface area contributed by atoms with Crippen LogP contribution in [0.15, 0.2) is 35.4 Å². The van der Waals surface area contributed by atoms with E-state index >= 15 is 8.78 Å². The fourth-order valence-corrected chi connectivity index (χ4v) is 6.41. The third kappa shape index (κ3) is 5.28. The van der Waals surface area contributed by atoms with Crippen molar-refractivity contribution in [2.45, 2.75) is 59.1 Å². The second-order valence-electron chi connectivity index (χ2n) is 13.2. The monoisotopic (exact) mass is 661 g/mol. The molecule has 0 N–H and O–H groups in total. The van der Waals surface area contributed by atoms with Crippen LogP contribution in [0.3, 0.4) is 0 Å². The van der Waals surface area contributed by atoms with Crippen molar-refractivity contribution in [1.29, 1.82) is 0 Å². The fraction of sp³-hybridized carbons (Fsp3) is 0.412. The molecule has 0 spiro atoms. The molecule has 1 fully saturated rings. The molecule has 6 rings (SSSR count). The molecule has 0 radical (unpaired) electrons. The van der Waals surface area contributed by atoms with Gasteiger partial charge in [-0.3, -0.25) is 14.2 Å². The number of aromatic nitrogens is 4. The Balaban J connectivity index is 1.67. The van der Waals surface area contributed by atoms with Gasteiger partial charge >= 0.3 is 6.09 Å². The average molecular weight is 662 g/mol. The molecule has 1 atom stereocenters. The predicted molar refractivity (Wildman–Crippen MR) is 176 cm³/mol. The number of ether oxygens (including phenoxy) is 2. The SMILES string of the molecule is COc1cccc(F)c1-c1nc2c(cc1F)c1c(c(=O)n2-c2c(C)ncnc2C(C)C)N(C)C(=O)[C@H]2CN(C(=O)OC(C)(C)C)CCN12. The zero-order chi connectivity index (χ0) is 34.8. The van der Waals surface area contributed by atoms with Gasteiger partial charge in [0.1, 0.15) is 40.9 Å². The van der Waals surface area contributed by atoms with Crippen LogP contribution in [0.25, 0.3) is 28.0 Å². The quantitative estimate of drug-likeness (QED) is 0.299. The van der Waals surface area contributed by atoms with Gasteiger partial charge in [0.25, 0.3) is 11.5 Å². The highest BCUT2D eigenvalue weighted by molar-refractivity contribution is 6.11. The van der Waals surface area contributed by atoms with E-state index in [1.165, 1.54) is 59.1 Å². The van der Waals surface area contributed by atoms with Crippen molar-refractivity contribution in [2.24, 2.45) is 0 Å². The van der Waals surface area contributed by atoms with E-state index in [-0.39, 0.29) is 65.0 Å². The van der Waals surface area contributed by atoms with E-state index in [2.05, 4.69) is 15.0 Å². The molecular weight excluding hydrogens is 624 g/mol. The minimum atomic E-state index is -0.898. The Hall–Kier alpha value is -5.14. The second-order valence-corrected chi connectivity index (χ2v) is 13.2. The van der Waals surface area contributed by atoms with Crippen LogP contribution in [0, 0.1) is 18.6 Å². The van der Waals surface area contributed by atoms with Crippen LogP contribution in [0.1, 0.15) is 51.9 Å². The van der Waals surface area contributed by atoms with Crippen molar-refractivity contribution in [1.82, 2.24) is 24.4 Å². The first-order valence-electron chi connectivity index (χ1n) is 15.6. The number of amides is 2. The van der Waals surface area contributed by atoms with Gasteiger partial charge in [-0.1, -0.05) is 19.9 Å². The van der Waals surface area contributed by atoms with Crippen LogP contribution in [0.2, 0.25) is 0 Å². The molecule has 3 aromatic heterocycles. The third-order valence-electron chi connectivity index (χ3n) is 8.56. The van der Waals surface area contributed by atoms with Crippen molar-refractivity contribution < 1.29 is 27.8 Å².